The van der Waals surface area contributed by atoms with E-state index >= 15 is 0 Å². The second-order valence-corrected chi connectivity index (χ2v) is 19.1. The minimum absolute atomic E-state index is 0.0306. The maximum Gasteiger partial charge on any atom is 0.326 e. The Morgan fingerprint density at radius 1 is 0.521 bits per heavy atom. The molecular formula is C53H71N9O11. The number of rotatable bonds is 28. The van der Waals surface area contributed by atoms with Crippen molar-refractivity contribution in [3.8, 4) is 0 Å². The molecule has 4 rings (SSSR count). The third-order valence-electron chi connectivity index (χ3n) is 12.6. The van der Waals surface area contributed by atoms with Crippen molar-refractivity contribution in [1.82, 2.24) is 42.2 Å². The van der Waals surface area contributed by atoms with Gasteiger partial charge in [-0.2, -0.15) is 0 Å². The van der Waals surface area contributed by atoms with Gasteiger partial charge in [0.15, 0.2) is 0 Å². The molecule has 0 unspecified atom stereocenters. The first-order chi connectivity index (χ1) is 34.6. The molecule has 4 aromatic rings. The van der Waals surface area contributed by atoms with Crippen LogP contribution >= 0.6 is 0 Å². The molecule has 20 heteroatoms. The number of aromatic nitrogens is 1. The monoisotopic (exact) mass is 1010 g/mol. The third-order valence-corrected chi connectivity index (χ3v) is 12.6. The predicted octanol–water partition coefficient (Wildman–Crippen LogP) is 2.24. The number of carboxylic acid groups (broad SMARTS) is 2. The molecule has 1 aromatic heterocycles. The van der Waals surface area contributed by atoms with Gasteiger partial charge in [0.2, 0.25) is 41.4 Å². The summed E-state index contributed by atoms with van der Waals surface area (Å²) in [5.41, 5.74) is 8.71. The molecule has 3 aromatic carbocycles. The van der Waals surface area contributed by atoms with Crippen molar-refractivity contribution in [2.45, 2.75) is 135 Å². The number of hydrogen-bond donors (Lipinski definition) is 11. The van der Waals surface area contributed by atoms with Crippen LogP contribution in [0.15, 0.2) is 91.1 Å². The lowest BCUT2D eigenvalue weighted by atomic mass is 9.95. The summed E-state index contributed by atoms with van der Waals surface area (Å²) in [5, 5.41) is 38.7. The van der Waals surface area contributed by atoms with Gasteiger partial charge in [0.1, 0.15) is 42.3 Å². The van der Waals surface area contributed by atoms with Crippen LogP contribution in [0.25, 0.3) is 10.9 Å². The summed E-state index contributed by atoms with van der Waals surface area (Å²) in [6, 6.07) is 14.9. The van der Waals surface area contributed by atoms with Gasteiger partial charge in [-0.25, -0.2) is 4.79 Å². The summed E-state index contributed by atoms with van der Waals surface area (Å²) in [4.78, 5) is 124. The first-order valence-electron chi connectivity index (χ1n) is 24.6. The topological polar surface area (TPSA) is 320 Å². The Hall–Kier alpha value is -7.61. The molecule has 0 aliphatic rings. The minimum Gasteiger partial charge on any atom is -0.481 e. The highest BCUT2D eigenvalue weighted by Crippen LogP contribution is 2.20. The molecule has 0 saturated carbocycles. The SMILES string of the molecule is CC[C@H](C)[C@H](NC(=O)[C@@H](NC(=O)[C@H](C)NC(=O)[C@H](Cc1ccccc1)NC(=O)[C@H](Cc1ccccc1)NC(=O)[C@@H](NC(=O)[C@@H](N)CCC(=O)O)C(C)C)C(C)C)C(=O)N[C@@H](Cc1c[nH]c2ccccc12)C(=O)O. The number of para-hydroxylation sites is 1. The molecule has 0 aliphatic carbocycles. The van der Waals surface area contributed by atoms with E-state index in [-0.39, 0.29) is 32.1 Å². The van der Waals surface area contributed by atoms with E-state index in [0.717, 1.165) is 10.9 Å². The molecule has 0 saturated heterocycles. The molecule has 1 heterocycles. The van der Waals surface area contributed by atoms with Gasteiger partial charge in [0.25, 0.3) is 0 Å². The van der Waals surface area contributed by atoms with Crippen LogP contribution < -0.4 is 43.0 Å². The van der Waals surface area contributed by atoms with Crippen molar-refractivity contribution in [3.05, 3.63) is 108 Å². The molecule has 20 nitrogen and oxygen atoms in total. The van der Waals surface area contributed by atoms with Crippen LogP contribution in [0.5, 0.6) is 0 Å². The number of carbonyl (C=O) groups excluding carboxylic acids is 7. The van der Waals surface area contributed by atoms with Crippen LogP contribution in [-0.4, -0.2) is 117 Å². The standard InChI is InChI=1S/C53H71N9O11/c1-8-31(6)45(52(71)59-41(53(72)73)27-35-28-55-38-22-16-15-21-36(35)38)62-51(70)44(30(4)5)60-46(65)32(7)56-48(67)39(25-33-17-11-9-12-18-33)57-49(68)40(26-34-19-13-10-14-20-34)58-50(69)43(29(2)3)61-47(66)37(54)23-24-42(63)64/h9-22,28-32,37,39-41,43-45,55H,8,23-27,54H2,1-7H3,(H,56,67)(H,57,68)(H,58,69)(H,59,71)(H,60,65)(H,61,66)(H,62,70)(H,63,64)(H,72,73)/t31-,32-,37-,39-,40-,41-,43-,44-,45-/m0/s1. The second kappa shape index (κ2) is 27.8. The molecule has 0 aliphatic heterocycles. The molecule has 0 radical (unpaired) electrons. The van der Waals surface area contributed by atoms with Crippen LogP contribution in [0.2, 0.25) is 0 Å². The van der Waals surface area contributed by atoms with E-state index < -0.39 is 119 Å². The van der Waals surface area contributed by atoms with Crippen molar-refractivity contribution >= 4 is 64.2 Å². The van der Waals surface area contributed by atoms with Crippen LogP contribution in [0.1, 0.15) is 84.4 Å². The van der Waals surface area contributed by atoms with Crippen molar-refractivity contribution in [2.24, 2.45) is 23.5 Å². The number of hydrogen-bond acceptors (Lipinski definition) is 10. The van der Waals surface area contributed by atoms with E-state index in [2.05, 4.69) is 42.2 Å². The zero-order valence-corrected chi connectivity index (χ0v) is 42.4. The fourth-order valence-electron chi connectivity index (χ4n) is 7.98. The van der Waals surface area contributed by atoms with E-state index in [1.54, 1.807) is 101 Å². The highest BCUT2D eigenvalue weighted by Gasteiger charge is 2.36. The molecule has 73 heavy (non-hydrogen) atoms. The Labute approximate surface area is 425 Å². The number of carboxylic acids is 2. The first-order valence-corrected chi connectivity index (χ1v) is 24.6. The van der Waals surface area contributed by atoms with Gasteiger partial charge < -0.3 is 58.1 Å². The Bertz CT molecular complexity index is 2540. The van der Waals surface area contributed by atoms with Gasteiger partial charge in [-0.15, -0.1) is 0 Å². The highest BCUT2D eigenvalue weighted by atomic mass is 16.4. The maximum absolute atomic E-state index is 14.3. The first kappa shape index (κ1) is 58.0. The minimum atomic E-state index is -1.33. The molecule has 0 fully saturated rings. The summed E-state index contributed by atoms with van der Waals surface area (Å²) < 4.78 is 0. The molecule has 7 amide bonds. The van der Waals surface area contributed by atoms with Gasteiger partial charge in [0, 0.05) is 42.8 Å². The van der Waals surface area contributed by atoms with Crippen LogP contribution in [-0.2, 0) is 62.4 Å². The smallest absolute Gasteiger partial charge is 0.326 e. The number of H-pyrrole nitrogens is 1. The number of aromatic amines is 1. The quantitative estimate of drug-likeness (QED) is 0.0391. The van der Waals surface area contributed by atoms with Crippen LogP contribution in [0.3, 0.4) is 0 Å². The Morgan fingerprint density at radius 2 is 0.973 bits per heavy atom. The van der Waals surface area contributed by atoms with Crippen molar-refractivity contribution in [3.63, 3.8) is 0 Å². The lowest BCUT2D eigenvalue weighted by Crippen LogP contribution is -2.61. The van der Waals surface area contributed by atoms with Gasteiger partial charge in [0.05, 0.1) is 6.04 Å². The molecule has 394 valence electrons. The maximum atomic E-state index is 14.3. The Kier molecular flexibility index (Phi) is 22.1. The Morgan fingerprint density at radius 3 is 1.49 bits per heavy atom. The average molecular weight is 1010 g/mol. The average Bonchev–Trinajstić information content (AvgIpc) is 3.77. The summed E-state index contributed by atoms with van der Waals surface area (Å²) in [5.74, 6) is -9.10. The summed E-state index contributed by atoms with van der Waals surface area (Å²) in [6.45, 7) is 11.6. The van der Waals surface area contributed by atoms with Gasteiger partial charge >= 0.3 is 11.9 Å². The number of carbonyl (C=O) groups is 9. The van der Waals surface area contributed by atoms with E-state index in [9.17, 15) is 48.3 Å². The molecule has 9 atom stereocenters. The largest absolute Gasteiger partial charge is 0.481 e. The van der Waals surface area contributed by atoms with E-state index in [0.29, 0.717) is 23.1 Å². The van der Waals surface area contributed by atoms with E-state index in [1.807, 2.05) is 31.2 Å². The van der Waals surface area contributed by atoms with E-state index in [1.165, 1.54) is 6.92 Å². The highest BCUT2D eigenvalue weighted by molar-refractivity contribution is 5.98. The summed E-state index contributed by atoms with van der Waals surface area (Å²) in [7, 11) is 0. The number of benzene rings is 3. The lowest BCUT2D eigenvalue weighted by Gasteiger charge is -2.30. The lowest BCUT2D eigenvalue weighted by molar-refractivity contribution is -0.142. The van der Waals surface area contributed by atoms with Crippen molar-refractivity contribution in [2.75, 3.05) is 0 Å². The second-order valence-electron chi connectivity index (χ2n) is 19.1. The van der Waals surface area contributed by atoms with Crippen molar-refractivity contribution < 1.29 is 53.4 Å². The molecule has 12 N–H and O–H groups in total. The van der Waals surface area contributed by atoms with Gasteiger partial charge in [-0.05, 0) is 53.9 Å². The van der Waals surface area contributed by atoms with Crippen molar-refractivity contribution in [1.29, 1.82) is 0 Å². The summed E-state index contributed by atoms with van der Waals surface area (Å²) >= 11 is 0. The van der Waals surface area contributed by atoms with Gasteiger partial charge in [-0.3, -0.25) is 38.4 Å². The zero-order valence-electron chi connectivity index (χ0n) is 42.4. The molecular weight excluding hydrogens is 939 g/mol. The predicted molar refractivity (Wildman–Crippen MR) is 273 cm³/mol. The zero-order chi connectivity index (χ0) is 53.9. The van der Waals surface area contributed by atoms with E-state index in [4.69, 9.17) is 10.8 Å². The number of nitrogens with one attached hydrogen (secondary N) is 8. The number of nitrogens with two attached hydrogens (primary N) is 1. The fourth-order valence-corrected chi connectivity index (χ4v) is 7.98. The molecule has 0 spiro atoms. The normalized spacial score (nSPS) is 15.0. The fraction of sp³-hybridized carbons (Fsp3) is 0.453. The number of fused-ring (bicyclic) bond motifs is 1. The third kappa shape index (κ3) is 17.6. The van der Waals surface area contributed by atoms with Crippen LogP contribution in [0, 0.1) is 17.8 Å². The summed E-state index contributed by atoms with van der Waals surface area (Å²) in [6.07, 6.45) is 1.48. The van der Waals surface area contributed by atoms with Crippen LogP contribution in [0.4, 0.5) is 0 Å². The Balaban J connectivity index is 1.50. The number of amides is 7. The molecule has 0 bridgehead atoms. The number of aliphatic carboxylic acids is 2. The van der Waals surface area contributed by atoms with Gasteiger partial charge in [-0.1, -0.05) is 127 Å².